The SMILES string of the molecule is [CH](CSC1CSC2(C1)OCCS2)SC1COC2(C1)SCCS2. The van der Waals surface area contributed by atoms with E-state index in [-0.39, 0.29) is 8.53 Å². The number of thioether (sulfide) groups is 6. The molecule has 2 nitrogen and oxygen atoms in total. The van der Waals surface area contributed by atoms with E-state index in [4.69, 9.17) is 9.47 Å². The molecule has 0 amide bonds. The number of rotatable bonds is 5. The maximum Gasteiger partial charge on any atom is 0.161 e. The Labute approximate surface area is 158 Å². The third kappa shape index (κ3) is 4.05. The fraction of sp³-hybridized carbons (Fsp3) is 0.929. The van der Waals surface area contributed by atoms with Crippen molar-refractivity contribution >= 4 is 70.6 Å². The molecule has 22 heavy (non-hydrogen) atoms. The molecular formula is C14H21O2S6. The van der Waals surface area contributed by atoms with Crippen molar-refractivity contribution in [2.75, 3.05) is 42.0 Å². The minimum atomic E-state index is 0.115. The summed E-state index contributed by atoms with van der Waals surface area (Å²) in [4.78, 5) is 0. The summed E-state index contributed by atoms with van der Waals surface area (Å²) in [5, 5.41) is 1.43. The molecule has 0 bridgehead atoms. The second-order valence-corrected chi connectivity index (χ2v) is 14.1. The van der Waals surface area contributed by atoms with Crippen molar-refractivity contribution in [2.45, 2.75) is 31.9 Å². The average Bonchev–Trinajstić information content (AvgIpc) is 3.30. The molecule has 0 aromatic rings. The number of hydrogen-bond donors (Lipinski definition) is 0. The van der Waals surface area contributed by atoms with Gasteiger partial charge in [-0.15, -0.1) is 47.0 Å². The Morgan fingerprint density at radius 2 is 1.73 bits per heavy atom. The van der Waals surface area contributed by atoms with Gasteiger partial charge in [-0.2, -0.15) is 23.5 Å². The Morgan fingerprint density at radius 3 is 2.55 bits per heavy atom. The predicted octanol–water partition coefficient (Wildman–Crippen LogP) is 4.46. The monoisotopic (exact) mass is 413 g/mol. The Bertz CT molecular complexity index is 348. The zero-order chi connectivity index (χ0) is 14.9. The van der Waals surface area contributed by atoms with Crippen molar-refractivity contribution in [3.8, 4) is 0 Å². The first-order valence-corrected chi connectivity index (χ1v) is 13.6. The largest absolute Gasteiger partial charge is 0.354 e. The van der Waals surface area contributed by atoms with E-state index in [0.717, 1.165) is 24.2 Å². The van der Waals surface area contributed by atoms with E-state index in [1.54, 1.807) is 0 Å². The first kappa shape index (κ1) is 17.4. The van der Waals surface area contributed by atoms with Gasteiger partial charge < -0.3 is 9.47 Å². The molecule has 125 valence electrons. The van der Waals surface area contributed by atoms with Crippen molar-refractivity contribution in [3.05, 3.63) is 5.75 Å². The maximum atomic E-state index is 6.06. The van der Waals surface area contributed by atoms with Gasteiger partial charge in [-0.3, -0.25) is 0 Å². The molecule has 0 saturated carbocycles. The van der Waals surface area contributed by atoms with Gasteiger partial charge in [0.25, 0.3) is 0 Å². The highest BCUT2D eigenvalue weighted by Crippen LogP contribution is 2.54. The van der Waals surface area contributed by atoms with Gasteiger partial charge in [0.1, 0.15) is 0 Å². The van der Waals surface area contributed by atoms with Crippen LogP contribution in [0.15, 0.2) is 0 Å². The van der Waals surface area contributed by atoms with Crippen molar-refractivity contribution in [2.24, 2.45) is 0 Å². The fourth-order valence-corrected chi connectivity index (χ4v) is 11.9. The topological polar surface area (TPSA) is 18.5 Å². The van der Waals surface area contributed by atoms with Crippen LogP contribution in [0.1, 0.15) is 12.8 Å². The van der Waals surface area contributed by atoms with Crippen molar-refractivity contribution in [1.29, 1.82) is 0 Å². The summed E-state index contributed by atoms with van der Waals surface area (Å²) >= 11 is 12.2. The van der Waals surface area contributed by atoms with Gasteiger partial charge in [0.15, 0.2) is 8.53 Å². The molecule has 4 heterocycles. The molecule has 4 saturated heterocycles. The minimum absolute atomic E-state index is 0.115. The van der Waals surface area contributed by atoms with Gasteiger partial charge in [-0.1, -0.05) is 0 Å². The molecule has 3 unspecified atom stereocenters. The summed E-state index contributed by atoms with van der Waals surface area (Å²) in [6.45, 7) is 1.87. The van der Waals surface area contributed by atoms with Crippen molar-refractivity contribution in [3.63, 3.8) is 0 Å². The van der Waals surface area contributed by atoms with Gasteiger partial charge in [0, 0.05) is 57.9 Å². The van der Waals surface area contributed by atoms with Crippen LogP contribution in [0.4, 0.5) is 0 Å². The molecule has 2 spiro atoms. The summed E-state index contributed by atoms with van der Waals surface area (Å²) in [7, 11) is 0. The van der Waals surface area contributed by atoms with Crippen LogP contribution in [0.2, 0.25) is 0 Å². The molecule has 4 aliphatic heterocycles. The van der Waals surface area contributed by atoms with E-state index < -0.39 is 0 Å². The summed E-state index contributed by atoms with van der Waals surface area (Å²) in [6, 6.07) is 0. The molecule has 4 aliphatic rings. The van der Waals surface area contributed by atoms with E-state index >= 15 is 0 Å². The fourth-order valence-electron chi connectivity index (χ4n) is 3.05. The molecule has 3 atom stereocenters. The van der Waals surface area contributed by atoms with Crippen LogP contribution in [-0.2, 0) is 9.47 Å². The van der Waals surface area contributed by atoms with Crippen molar-refractivity contribution < 1.29 is 9.47 Å². The van der Waals surface area contributed by atoms with Gasteiger partial charge in [0.2, 0.25) is 0 Å². The molecule has 0 aromatic carbocycles. The highest BCUT2D eigenvalue weighted by Gasteiger charge is 2.45. The molecule has 4 rings (SSSR count). The van der Waals surface area contributed by atoms with E-state index in [0.29, 0.717) is 5.25 Å². The molecule has 8 heteroatoms. The van der Waals surface area contributed by atoms with Crippen LogP contribution < -0.4 is 0 Å². The highest BCUT2D eigenvalue weighted by atomic mass is 32.2. The predicted molar refractivity (Wildman–Crippen MR) is 108 cm³/mol. The van der Waals surface area contributed by atoms with Gasteiger partial charge in [0.05, 0.1) is 13.2 Å². The molecule has 4 fully saturated rings. The quantitative estimate of drug-likeness (QED) is 0.607. The lowest BCUT2D eigenvalue weighted by Gasteiger charge is -2.20. The van der Waals surface area contributed by atoms with E-state index in [1.807, 2.05) is 58.8 Å². The maximum absolute atomic E-state index is 6.06. The molecule has 0 aromatic heterocycles. The normalized spacial score (nSPS) is 40.4. The third-order valence-electron chi connectivity index (χ3n) is 4.08. The third-order valence-corrected chi connectivity index (χ3v) is 13.0. The summed E-state index contributed by atoms with van der Waals surface area (Å²) in [5.74, 6) is 8.50. The van der Waals surface area contributed by atoms with Crippen molar-refractivity contribution in [1.82, 2.24) is 0 Å². The zero-order valence-electron chi connectivity index (χ0n) is 12.4. The summed E-state index contributed by atoms with van der Waals surface area (Å²) < 4.78 is 12.2. The molecule has 0 N–H and O–H groups in total. The molecule has 0 aliphatic carbocycles. The van der Waals surface area contributed by atoms with Gasteiger partial charge in [-0.05, 0) is 0 Å². The van der Waals surface area contributed by atoms with Crippen LogP contribution in [0.25, 0.3) is 0 Å². The lowest BCUT2D eigenvalue weighted by Crippen LogP contribution is -2.16. The lowest BCUT2D eigenvalue weighted by molar-refractivity contribution is 0.118. The lowest BCUT2D eigenvalue weighted by atomic mass is 10.3. The molecule has 1 radical (unpaired) electrons. The van der Waals surface area contributed by atoms with E-state index in [2.05, 4.69) is 17.5 Å². The van der Waals surface area contributed by atoms with Crippen LogP contribution in [0.5, 0.6) is 0 Å². The van der Waals surface area contributed by atoms with Gasteiger partial charge in [-0.25, -0.2) is 0 Å². The Hall–Kier alpha value is 2.02. The van der Waals surface area contributed by atoms with Crippen LogP contribution in [0, 0.1) is 5.75 Å². The Kier molecular flexibility index (Phi) is 6.12. The van der Waals surface area contributed by atoms with Crippen LogP contribution >= 0.6 is 70.6 Å². The first-order valence-electron chi connectivity index (χ1n) is 7.70. The van der Waals surface area contributed by atoms with Gasteiger partial charge >= 0.3 is 0 Å². The summed E-state index contributed by atoms with van der Waals surface area (Å²) in [6.07, 6.45) is 2.43. The average molecular weight is 414 g/mol. The van der Waals surface area contributed by atoms with E-state index in [1.165, 1.54) is 35.9 Å². The zero-order valence-corrected chi connectivity index (χ0v) is 17.3. The highest BCUT2D eigenvalue weighted by molar-refractivity contribution is 8.21. The number of ether oxygens (including phenoxy) is 2. The second kappa shape index (κ2) is 7.72. The summed E-state index contributed by atoms with van der Waals surface area (Å²) in [5.41, 5.74) is 0. The standard InChI is InChI=1S/C14H21O2S6/c1-2-19-13(15-1)8-12(10-22-13)18-4-3-17-11-7-14(16-9-11)20-5-6-21-14/h3,11-12H,1-2,4-10H2. The Morgan fingerprint density at radius 1 is 0.955 bits per heavy atom. The minimum Gasteiger partial charge on any atom is -0.354 e. The van der Waals surface area contributed by atoms with E-state index in [9.17, 15) is 0 Å². The van der Waals surface area contributed by atoms with Crippen LogP contribution in [-0.4, -0.2) is 61.0 Å². The van der Waals surface area contributed by atoms with Crippen LogP contribution in [0.3, 0.4) is 0 Å². The Balaban J connectivity index is 1.12. The number of hydrogen-bond acceptors (Lipinski definition) is 8. The first-order chi connectivity index (χ1) is 10.8. The second-order valence-electron chi connectivity index (χ2n) is 5.67. The molecular weight excluding hydrogens is 393 g/mol. The smallest absolute Gasteiger partial charge is 0.161 e.